The molecule has 0 aliphatic carbocycles. The first-order valence-corrected chi connectivity index (χ1v) is 2.84. The van der Waals surface area contributed by atoms with Crippen LogP contribution in [0.3, 0.4) is 0 Å². The van der Waals surface area contributed by atoms with Crippen molar-refractivity contribution in [2.45, 2.75) is 0 Å². The molecule has 0 saturated carbocycles. The molecule has 0 saturated heterocycles. The van der Waals surface area contributed by atoms with Crippen molar-refractivity contribution in [3.63, 3.8) is 0 Å². The smallest absolute Gasteiger partial charge is 0.138 e. The average Bonchev–Trinajstić information content (AvgIpc) is 1.86. The van der Waals surface area contributed by atoms with Crippen LogP contribution in [0.4, 0.5) is 0 Å². The van der Waals surface area contributed by atoms with Crippen LogP contribution in [0.2, 0.25) is 0 Å². The second kappa shape index (κ2) is 1.38. The molecule has 0 fully saturated rings. The van der Waals surface area contributed by atoms with Crippen LogP contribution < -0.4 is 4.74 Å². The standard InChI is InChI=1S/C8H6O/c1-2-6-3-4-7-5-8(6)9-7/h2-5H,1H2. The van der Waals surface area contributed by atoms with Gasteiger partial charge >= 0.3 is 0 Å². The molecule has 3 rings (SSSR count). The highest BCUT2D eigenvalue weighted by atomic mass is 16.5. The van der Waals surface area contributed by atoms with E-state index in [9.17, 15) is 0 Å². The van der Waals surface area contributed by atoms with E-state index in [1.165, 1.54) is 0 Å². The van der Waals surface area contributed by atoms with Gasteiger partial charge in [-0.2, -0.15) is 0 Å². The van der Waals surface area contributed by atoms with Crippen LogP contribution in [0, 0.1) is 0 Å². The molecule has 0 atom stereocenters. The third-order valence-electron chi connectivity index (χ3n) is 1.43. The van der Waals surface area contributed by atoms with E-state index >= 15 is 0 Å². The number of hydrogen-bond acceptors (Lipinski definition) is 1. The highest BCUT2D eigenvalue weighted by Gasteiger charge is 2.12. The Morgan fingerprint density at radius 2 is 2.22 bits per heavy atom. The van der Waals surface area contributed by atoms with Crippen molar-refractivity contribution in [2.24, 2.45) is 0 Å². The van der Waals surface area contributed by atoms with Crippen molar-refractivity contribution in [1.29, 1.82) is 0 Å². The van der Waals surface area contributed by atoms with Crippen LogP contribution in [0.5, 0.6) is 11.5 Å². The first-order chi connectivity index (χ1) is 4.40. The molecular weight excluding hydrogens is 112 g/mol. The maximum absolute atomic E-state index is 5.16. The molecule has 0 spiro atoms. The molecule has 44 valence electrons. The zero-order valence-electron chi connectivity index (χ0n) is 4.92. The first kappa shape index (κ1) is 4.62. The SMILES string of the molecule is C=Cc1ccc2cc1O2. The lowest BCUT2D eigenvalue weighted by atomic mass is 10.1. The Hall–Kier alpha value is -1.24. The lowest BCUT2D eigenvalue weighted by Crippen LogP contribution is -1.95. The highest BCUT2D eigenvalue weighted by Crippen LogP contribution is 2.37. The van der Waals surface area contributed by atoms with E-state index in [0.717, 1.165) is 17.1 Å². The molecule has 0 aromatic heterocycles. The van der Waals surface area contributed by atoms with Crippen molar-refractivity contribution in [3.05, 3.63) is 30.3 Å². The van der Waals surface area contributed by atoms with Crippen LogP contribution in [0.25, 0.3) is 6.08 Å². The second-order valence-electron chi connectivity index (χ2n) is 2.01. The lowest BCUT2D eigenvalue weighted by molar-refractivity contribution is 0.437. The van der Waals surface area contributed by atoms with Gasteiger partial charge < -0.3 is 4.74 Å². The van der Waals surface area contributed by atoms with E-state index in [1.54, 1.807) is 6.08 Å². The molecule has 1 nitrogen and oxygen atoms in total. The molecule has 1 aromatic carbocycles. The molecule has 1 heteroatoms. The minimum atomic E-state index is 0.947. The monoisotopic (exact) mass is 118 g/mol. The Labute approximate surface area is 53.6 Å². The first-order valence-electron chi connectivity index (χ1n) is 2.84. The summed E-state index contributed by atoms with van der Waals surface area (Å²) in [7, 11) is 0. The summed E-state index contributed by atoms with van der Waals surface area (Å²) in [6, 6.07) is 5.93. The fourth-order valence-corrected chi connectivity index (χ4v) is 0.904. The molecule has 2 aliphatic rings. The van der Waals surface area contributed by atoms with Crippen molar-refractivity contribution in [1.82, 2.24) is 0 Å². The third-order valence-corrected chi connectivity index (χ3v) is 1.43. The zero-order chi connectivity index (χ0) is 6.27. The van der Waals surface area contributed by atoms with Gasteiger partial charge in [-0.3, -0.25) is 0 Å². The Morgan fingerprint density at radius 1 is 1.44 bits per heavy atom. The van der Waals surface area contributed by atoms with Gasteiger partial charge in [-0.25, -0.2) is 0 Å². The quantitative estimate of drug-likeness (QED) is 0.558. The summed E-state index contributed by atoms with van der Waals surface area (Å²) in [6.45, 7) is 3.64. The molecule has 2 aliphatic heterocycles. The largest absolute Gasteiger partial charge is 0.456 e. The fourth-order valence-electron chi connectivity index (χ4n) is 0.904. The van der Waals surface area contributed by atoms with E-state index in [0.29, 0.717) is 0 Å². The summed E-state index contributed by atoms with van der Waals surface area (Å²) in [5, 5.41) is 0. The summed E-state index contributed by atoms with van der Waals surface area (Å²) >= 11 is 0. The van der Waals surface area contributed by atoms with Gasteiger partial charge in [0.05, 0.1) is 0 Å². The van der Waals surface area contributed by atoms with E-state index in [-0.39, 0.29) is 0 Å². The minimum absolute atomic E-state index is 0.947. The Morgan fingerprint density at radius 3 is 2.56 bits per heavy atom. The minimum Gasteiger partial charge on any atom is -0.456 e. The average molecular weight is 118 g/mol. The predicted molar refractivity (Wildman–Crippen MR) is 36.6 cm³/mol. The van der Waals surface area contributed by atoms with Crippen LogP contribution in [0.1, 0.15) is 5.56 Å². The van der Waals surface area contributed by atoms with Gasteiger partial charge in [0.15, 0.2) is 0 Å². The molecule has 1 aromatic rings. The number of benzene rings is 1. The van der Waals surface area contributed by atoms with Crippen LogP contribution >= 0.6 is 0 Å². The van der Waals surface area contributed by atoms with Gasteiger partial charge in [0, 0.05) is 11.6 Å². The van der Waals surface area contributed by atoms with Gasteiger partial charge in [-0.1, -0.05) is 12.7 Å². The number of ether oxygens (including phenoxy) is 1. The molecule has 0 amide bonds. The maximum atomic E-state index is 5.16. The van der Waals surface area contributed by atoms with Crippen molar-refractivity contribution in [2.75, 3.05) is 0 Å². The number of hydrogen-bond donors (Lipinski definition) is 0. The molecule has 9 heavy (non-hydrogen) atoms. The highest BCUT2D eigenvalue weighted by molar-refractivity contribution is 5.62. The predicted octanol–water partition coefficient (Wildman–Crippen LogP) is 2.44. The lowest BCUT2D eigenvalue weighted by Gasteiger charge is -2.17. The van der Waals surface area contributed by atoms with Crippen LogP contribution in [-0.2, 0) is 0 Å². The topological polar surface area (TPSA) is 9.23 Å². The molecule has 0 N–H and O–H groups in total. The van der Waals surface area contributed by atoms with Crippen molar-refractivity contribution >= 4 is 6.08 Å². The van der Waals surface area contributed by atoms with E-state index in [2.05, 4.69) is 6.58 Å². The van der Waals surface area contributed by atoms with Gasteiger partial charge in [0.25, 0.3) is 0 Å². The van der Waals surface area contributed by atoms with E-state index < -0.39 is 0 Å². The van der Waals surface area contributed by atoms with Crippen molar-refractivity contribution in [3.8, 4) is 11.5 Å². The van der Waals surface area contributed by atoms with Crippen LogP contribution in [0.15, 0.2) is 24.8 Å². The molecular formula is C8H6O. The number of rotatable bonds is 1. The Kier molecular flexibility index (Phi) is 0.707. The van der Waals surface area contributed by atoms with Crippen molar-refractivity contribution < 1.29 is 4.74 Å². The summed E-state index contributed by atoms with van der Waals surface area (Å²) in [5.41, 5.74) is 1.07. The van der Waals surface area contributed by atoms with E-state index in [1.807, 2.05) is 18.2 Å². The number of fused-ring (bicyclic) bond motifs is 2. The summed E-state index contributed by atoms with van der Waals surface area (Å²) in [5.74, 6) is 1.90. The normalized spacial score (nSPS) is 11.6. The van der Waals surface area contributed by atoms with Crippen LogP contribution in [-0.4, -0.2) is 0 Å². The third kappa shape index (κ3) is 0.486. The summed E-state index contributed by atoms with van der Waals surface area (Å²) in [6.07, 6.45) is 1.79. The van der Waals surface area contributed by atoms with E-state index in [4.69, 9.17) is 4.74 Å². The summed E-state index contributed by atoms with van der Waals surface area (Å²) in [4.78, 5) is 0. The second-order valence-corrected chi connectivity index (χ2v) is 2.01. The fraction of sp³-hybridized carbons (Fsp3) is 0. The van der Waals surface area contributed by atoms with Gasteiger partial charge in [0.2, 0.25) is 0 Å². The Bertz CT molecular complexity index is 260. The molecule has 2 bridgehead atoms. The Balaban J connectivity index is 2.63. The zero-order valence-corrected chi connectivity index (χ0v) is 4.92. The maximum Gasteiger partial charge on any atom is 0.138 e. The summed E-state index contributed by atoms with van der Waals surface area (Å²) < 4.78 is 5.16. The molecule has 0 radical (unpaired) electrons. The van der Waals surface area contributed by atoms with Gasteiger partial charge in [0.1, 0.15) is 11.5 Å². The van der Waals surface area contributed by atoms with Gasteiger partial charge in [-0.15, -0.1) is 0 Å². The molecule has 2 heterocycles. The van der Waals surface area contributed by atoms with Gasteiger partial charge in [-0.05, 0) is 12.1 Å². The molecule has 0 unspecified atom stereocenters.